The lowest BCUT2D eigenvalue weighted by Crippen LogP contribution is -2.03. The van der Waals surface area contributed by atoms with Crippen molar-refractivity contribution >= 4 is 21.9 Å². The van der Waals surface area contributed by atoms with Crippen LogP contribution in [-0.4, -0.2) is 17.9 Å². The van der Waals surface area contributed by atoms with Crippen LogP contribution in [0.5, 0.6) is 0 Å². The smallest absolute Gasteiger partial charge is 0.305 e. The summed E-state index contributed by atoms with van der Waals surface area (Å²) < 4.78 is 4.93. The number of hydrogen-bond donors (Lipinski definition) is 0. The quantitative estimate of drug-likeness (QED) is 0.140. The zero-order chi connectivity index (χ0) is 17.0. The minimum absolute atomic E-state index is 0.0318. The van der Waals surface area contributed by atoms with Gasteiger partial charge in [0.1, 0.15) is 0 Å². The van der Waals surface area contributed by atoms with E-state index in [0.29, 0.717) is 13.0 Å². The van der Waals surface area contributed by atoms with Crippen LogP contribution < -0.4 is 0 Å². The summed E-state index contributed by atoms with van der Waals surface area (Å²) >= 11 is 3.48. The maximum Gasteiger partial charge on any atom is 0.305 e. The summed E-state index contributed by atoms with van der Waals surface area (Å²) in [5.41, 5.74) is 0. The molecule has 23 heavy (non-hydrogen) atoms. The summed E-state index contributed by atoms with van der Waals surface area (Å²) in [5.74, 6) is -0.0318. The first-order chi connectivity index (χ1) is 11.3. The van der Waals surface area contributed by atoms with E-state index in [0.717, 1.165) is 6.42 Å². The number of halogens is 1. The van der Waals surface area contributed by atoms with Gasteiger partial charge < -0.3 is 4.74 Å². The van der Waals surface area contributed by atoms with E-state index >= 15 is 0 Å². The van der Waals surface area contributed by atoms with Crippen LogP contribution in [-0.2, 0) is 9.53 Å². The number of rotatable bonds is 18. The Hall–Kier alpha value is -0.0500. The van der Waals surface area contributed by atoms with E-state index < -0.39 is 0 Å². The molecule has 0 aliphatic carbocycles. The number of carbonyl (C=O) groups is 1. The lowest BCUT2D eigenvalue weighted by Gasteiger charge is -2.04. The highest BCUT2D eigenvalue weighted by molar-refractivity contribution is 9.09. The minimum Gasteiger partial charge on any atom is -0.466 e. The van der Waals surface area contributed by atoms with Crippen LogP contribution in [0.1, 0.15) is 110 Å². The SMILES string of the molecule is CCOC(=O)CCCCCCCCCCCCCCCCCBr. The summed E-state index contributed by atoms with van der Waals surface area (Å²) in [4.78, 5) is 11.2. The molecule has 0 saturated carbocycles. The lowest BCUT2D eigenvalue weighted by molar-refractivity contribution is -0.143. The van der Waals surface area contributed by atoms with Gasteiger partial charge in [0.2, 0.25) is 0 Å². The zero-order valence-corrected chi connectivity index (χ0v) is 17.0. The maximum absolute atomic E-state index is 11.2. The van der Waals surface area contributed by atoms with Gasteiger partial charge in [0.05, 0.1) is 6.61 Å². The Kier molecular flexibility index (Phi) is 20.0. The predicted molar refractivity (Wildman–Crippen MR) is 104 cm³/mol. The molecule has 0 aromatic heterocycles. The van der Waals surface area contributed by atoms with Crippen LogP contribution in [0.4, 0.5) is 0 Å². The number of carbonyl (C=O) groups excluding carboxylic acids is 1. The molecule has 0 spiro atoms. The second kappa shape index (κ2) is 20.0. The predicted octanol–water partition coefficient (Wildman–Crippen LogP) is 7.19. The van der Waals surface area contributed by atoms with Crippen LogP contribution in [0.2, 0.25) is 0 Å². The van der Waals surface area contributed by atoms with Crippen molar-refractivity contribution in [2.24, 2.45) is 0 Å². The van der Waals surface area contributed by atoms with E-state index in [9.17, 15) is 4.79 Å². The van der Waals surface area contributed by atoms with Crippen LogP contribution in [0, 0.1) is 0 Å². The highest BCUT2D eigenvalue weighted by atomic mass is 79.9. The fraction of sp³-hybridized carbons (Fsp3) is 0.950. The Bertz CT molecular complexity index is 244. The molecule has 0 saturated heterocycles. The van der Waals surface area contributed by atoms with Crippen LogP contribution >= 0.6 is 15.9 Å². The Morgan fingerprint density at radius 1 is 0.652 bits per heavy atom. The van der Waals surface area contributed by atoms with Gasteiger partial charge in [0.25, 0.3) is 0 Å². The molecule has 0 radical (unpaired) electrons. The van der Waals surface area contributed by atoms with Crippen LogP contribution in [0.3, 0.4) is 0 Å². The van der Waals surface area contributed by atoms with Crippen molar-refractivity contribution in [3.63, 3.8) is 0 Å². The Morgan fingerprint density at radius 3 is 1.35 bits per heavy atom. The Balaban J connectivity index is 3.01. The fourth-order valence-corrected chi connectivity index (χ4v) is 3.29. The van der Waals surface area contributed by atoms with Crippen molar-refractivity contribution < 1.29 is 9.53 Å². The summed E-state index contributed by atoms with van der Waals surface area (Å²) in [5, 5.41) is 1.17. The summed E-state index contributed by atoms with van der Waals surface area (Å²) in [6.07, 6.45) is 20.8. The molecular weight excluding hydrogens is 352 g/mol. The molecule has 2 nitrogen and oxygen atoms in total. The van der Waals surface area contributed by atoms with Gasteiger partial charge >= 0.3 is 5.97 Å². The van der Waals surface area contributed by atoms with Crippen molar-refractivity contribution in [1.29, 1.82) is 0 Å². The molecule has 0 aliphatic rings. The van der Waals surface area contributed by atoms with Gasteiger partial charge in [-0.3, -0.25) is 4.79 Å². The largest absolute Gasteiger partial charge is 0.466 e. The first-order valence-electron chi connectivity index (χ1n) is 10.0. The highest BCUT2D eigenvalue weighted by Crippen LogP contribution is 2.14. The third kappa shape index (κ3) is 19.9. The van der Waals surface area contributed by atoms with Gasteiger partial charge in [-0.2, -0.15) is 0 Å². The average Bonchev–Trinajstić information content (AvgIpc) is 2.54. The molecule has 0 heterocycles. The summed E-state index contributed by atoms with van der Waals surface area (Å²) in [6.45, 7) is 2.37. The topological polar surface area (TPSA) is 26.3 Å². The molecule has 0 amide bonds. The highest BCUT2D eigenvalue weighted by Gasteiger charge is 2.00. The van der Waals surface area contributed by atoms with E-state index in [1.807, 2.05) is 6.92 Å². The second-order valence-electron chi connectivity index (χ2n) is 6.55. The average molecular weight is 391 g/mol. The van der Waals surface area contributed by atoms with Gasteiger partial charge in [-0.15, -0.1) is 0 Å². The van der Waals surface area contributed by atoms with Crippen molar-refractivity contribution in [2.75, 3.05) is 11.9 Å². The molecule has 0 aromatic carbocycles. The molecule has 0 rings (SSSR count). The molecular formula is C20H39BrO2. The van der Waals surface area contributed by atoms with E-state index in [1.165, 1.54) is 95.2 Å². The Labute approximate surface area is 153 Å². The molecule has 138 valence electrons. The Morgan fingerprint density at radius 2 is 1.00 bits per heavy atom. The molecule has 0 atom stereocenters. The first-order valence-corrected chi connectivity index (χ1v) is 11.1. The summed E-state index contributed by atoms with van der Waals surface area (Å²) in [7, 11) is 0. The number of esters is 1. The number of hydrogen-bond acceptors (Lipinski definition) is 2. The first kappa shape index (κ1) is 22.9. The van der Waals surface area contributed by atoms with Gasteiger partial charge in [0.15, 0.2) is 0 Å². The number of alkyl halides is 1. The minimum atomic E-state index is -0.0318. The van der Waals surface area contributed by atoms with Crippen LogP contribution in [0.25, 0.3) is 0 Å². The third-order valence-electron chi connectivity index (χ3n) is 4.32. The standard InChI is InChI=1S/C20H39BrO2/c1-2-23-20(22)18-16-14-12-10-8-6-4-3-5-7-9-11-13-15-17-19-21/h2-19H2,1H3. The summed E-state index contributed by atoms with van der Waals surface area (Å²) in [6, 6.07) is 0. The molecule has 0 unspecified atom stereocenters. The zero-order valence-electron chi connectivity index (χ0n) is 15.4. The fourth-order valence-electron chi connectivity index (χ4n) is 2.90. The van der Waals surface area contributed by atoms with E-state index in [1.54, 1.807) is 0 Å². The normalized spacial score (nSPS) is 10.9. The molecule has 0 N–H and O–H groups in total. The van der Waals surface area contributed by atoms with Crippen molar-refractivity contribution in [1.82, 2.24) is 0 Å². The van der Waals surface area contributed by atoms with E-state index in [-0.39, 0.29) is 5.97 Å². The van der Waals surface area contributed by atoms with Gasteiger partial charge in [-0.25, -0.2) is 0 Å². The maximum atomic E-state index is 11.2. The number of unbranched alkanes of at least 4 members (excludes halogenated alkanes) is 14. The van der Waals surface area contributed by atoms with Gasteiger partial charge in [-0.1, -0.05) is 99.4 Å². The molecule has 0 aliphatic heterocycles. The number of ether oxygens (including phenoxy) is 1. The molecule has 0 aromatic rings. The molecule has 3 heteroatoms. The van der Waals surface area contributed by atoms with Crippen molar-refractivity contribution in [2.45, 2.75) is 110 Å². The van der Waals surface area contributed by atoms with E-state index in [2.05, 4.69) is 15.9 Å². The van der Waals surface area contributed by atoms with E-state index in [4.69, 9.17) is 4.74 Å². The van der Waals surface area contributed by atoms with Crippen molar-refractivity contribution in [3.05, 3.63) is 0 Å². The lowest BCUT2D eigenvalue weighted by atomic mass is 10.0. The van der Waals surface area contributed by atoms with Gasteiger partial charge in [-0.05, 0) is 19.8 Å². The molecule has 0 bridgehead atoms. The van der Waals surface area contributed by atoms with Crippen LogP contribution in [0.15, 0.2) is 0 Å². The van der Waals surface area contributed by atoms with Gasteiger partial charge in [0, 0.05) is 11.8 Å². The van der Waals surface area contributed by atoms with Crippen molar-refractivity contribution in [3.8, 4) is 0 Å². The second-order valence-corrected chi connectivity index (χ2v) is 7.34. The monoisotopic (exact) mass is 390 g/mol. The molecule has 0 fully saturated rings. The third-order valence-corrected chi connectivity index (χ3v) is 4.88.